The summed E-state index contributed by atoms with van der Waals surface area (Å²) >= 11 is 0. The van der Waals surface area contributed by atoms with E-state index in [0.717, 1.165) is 0 Å². The number of aliphatic imine (C=N–C) groups is 1. The van der Waals surface area contributed by atoms with Crippen LogP contribution in [0.5, 0.6) is 0 Å². The van der Waals surface area contributed by atoms with Crippen molar-refractivity contribution in [1.29, 1.82) is 0 Å². The summed E-state index contributed by atoms with van der Waals surface area (Å²) in [5.41, 5.74) is -5.62. The minimum Gasteiger partial charge on any atom is -0.356 e. The number of hydrogen-bond donors (Lipinski definition) is 2. The zero-order valence-corrected chi connectivity index (χ0v) is 20.5. The molecule has 0 saturated carbocycles. The number of rotatable bonds is 5. The highest BCUT2D eigenvalue weighted by molar-refractivity contribution is 14.0. The molecule has 0 bridgehead atoms. The first kappa shape index (κ1) is 28.2. The quantitative estimate of drug-likeness (QED) is 0.304. The Kier molecular flexibility index (Phi) is 10.7. The van der Waals surface area contributed by atoms with Gasteiger partial charge in [0, 0.05) is 39.3 Å². The molecule has 13 heteroatoms. The third kappa shape index (κ3) is 8.82. The average molecular weight is 557 g/mol. The third-order valence-corrected chi connectivity index (χ3v) is 5.85. The molecule has 0 aromatic carbocycles. The molecule has 1 heterocycles. The summed E-state index contributed by atoms with van der Waals surface area (Å²) in [6.07, 6.45) is 0.626. The maximum Gasteiger partial charge on any atom is 0.511 e. The minimum absolute atomic E-state index is 0. The molecule has 8 nitrogen and oxygen atoms in total. The molecule has 29 heavy (non-hydrogen) atoms. The van der Waals surface area contributed by atoms with E-state index in [1.165, 1.54) is 0 Å². The van der Waals surface area contributed by atoms with Gasteiger partial charge in [0.1, 0.15) is 0 Å². The molecule has 0 aromatic heterocycles. The molecule has 1 saturated heterocycles. The smallest absolute Gasteiger partial charge is 0.356 e. The van der Waals surface area contributed by atoms with E-state index in [4.69, 9.17) is 0 Å². The SMILES string of the molecule is CN=C(NCC1CCN(S(=O)(=O)C(F)(F)F)CC1)N(C)CC(=O)NC(C)(C)C.I. The monoisotopic (exact) mass is 557 g/mol. The number of piperidine rings is 1. The number of halogens is 4. The van der Waals surface area contributed by atoms with Gasteiger partial charge in [-0.05, 0) is 39.5 Å². The Bertz CT molecular complexity index is 672. The molecule has 0 spiro atoms. The predicted molar refractivity (Wildman–Crippen MR) is 117 cm³/mol. The Morgan fingerprint density at radius 1 is 1.21 bits per heavy atom. The summed E-state index contributed by atoms with van der Waals surface area (Å²) in [6.45, 7) is 5.82. The lowest BCUT2D eigenvalue weighted by atomic mass is 9.98. The van der Waals surface area contributed by atoms with Gasteiger partial charge in [-0.25, -0.2) is 8.42 Å². The normalized spacial score (nSPS) is 17.4. The van der Waals surface area contributed by atoms with Crippen LogP contribution in [0.15, 0.2) is 4.99 Å². The number of amides is 1. The van der Waals surface area contributed by atoms with E-state index in [9.17, 15) is 26.4 Å². The lowest BCUT2D eigenvalue weighted by Gasteiger charge is -2.32. The first-order valence-electron chi connectivity index (χ1n) is 8.96. The summed E-state index contributed by atoms with van der Waals surface area (Å²) in [5, 5.41) is 5.94. The van der Waals surface area contributed by atoms with Crippen molar-refractivity contribution in [1.82, 2.24) is 19.8 Å². The van der Waals surface area contributed by atoms with Gasteiger partial charge in [0.2, 0.25) is 5.91 Å². The van der Waals surface area contributed by atoms with E-state index in [0.29, 0.717) is 29.7 Å². The maximum absolute atomic E-state index is 12.6. The number of nitrogens with zero attached hydrogens (tertiary/aromatic N) is 3. The van der Waals surface area contributed by atoms with Crippen LogP contribution in [0.1, 0.15) is 33.6 Å². The number of hydrogen-bond acceptors (Lipinski definition) is 4. The minimum atomic E-state index is -5.27. The largest absolute Gasteiger partial charge is 0.511 e. The lowest BCUT2D eigenvalue weighted by Crippen LogP contribution is -2.50. The van der Waals surface area contributed by atoms with Gasteiger partial charge in [-0.3, -0.25) is 9.79 Å². The van der Waals surface area contributed by atoms with Crippen molar-refractivity contribution in [3.63, 3.8) is 0 Å². The van der Waals surface area contributed by atoms with Crippen LogP contribution in [-0.4, -0.2) is 80.8 Å². The molecular formula is C16H31F3IN5O3S. The van der Waals surface area contributed by atoms with Gasteiger partial charge in [-0.15, -0.1) is 24.0 Å². The van der Waals surface area contributed by atoms with Crippen LogP contribution in [0.4, 0.5) is 13.2 Å². The van der Waals surface area contributed by atoms with Crippen molar-refractivity contribution in [2.45, 2.75) is 44.7 Å². The maximum atomic E-state index is 12.6. The van der Waals surface area contributed by atoms with Crippen LogP contribution in [0, 0.1) is 5.92 Å². The number of carbonyl (C=O) groups excluding carboxylic acids is 1. The summed E-state index contributed by atoms with van der Waals surface area (Å²) < 4.78 is 61.2. The summed E-state index contributed by atoms with van der Waals surface area (Å²) in [7, 11) is -1.99. The first-order chi connectivity index (χ1) is 12.7. The molecule has 172 valence electrons. The molecule has 1 amide bonds. The number of carbonyl (C=O) groups is 1. The zero-order chi connectivity index (χ0) is 21.8. The molecule has 1 rings (SSSR count). The van der Waals surface area contributed by atoms with Gasteiger partial charge in [0.15, 0.2) is 5.96 Å². The molecule has 2 N–H and O–H groups in total. The van der Waals surface area contributed by atoms with E-state index >= 15 is 0 Å². The van der Waals surface area contributed by atoms with Crippen LogP contribution in [0.2, 0.25) is 0 Å². The molecular weight excluding hydrogens is 526 g/mol. The van der Waals surface area contributed by atoms with Gasteiger partial charge in [0.05, 0.1) is 6.54 Å². The van der Waals surface area contributed by atoms with Crippen LogP contribution in [-0.2, 0) is 14.8 Å². The Balaban J connectivity index is 0.00000784. The van der Waals surface area contributed by atoms with Crippen molar-refractivity contribution in [2.24, 2.45) is 10.9 Å². The van der Waals surface area contributed by atoms with Gasteiger partial charge in [-0.2, -0.15) is 17.5 Å². The molecule has 0 unspecified atom stereocenters. The van der Waals surface area contributed by atoms with Crippen LogP contribution in [0.25, 0.3) is 0 Å². The third-order valence-electron chi connectivity index (χ3n) is 4.22. The standard InChI is InChI=1S/C16H30F3N5O3S.HI/c1-15(2,3)22-13(25)11-23(5)14(20-4)21-10-12-6-8-24(9-7-12)28(26,27)16(17,18)19;/h12H,6-11H2,1-5H3,(H,20,21)(H,22,25);1H. The Morgan fingerprint density at radius 2 is 1.72 bits per heavy atom. The molecule has 0 aliphatic carbocycles. The number of guanidine groups is 1. The fourth-order valence-electron chi connectivity index (χ4n) is 2.87. The van der Waals surface area contributed by atoms with E-state index in [1.54, 1.807) is 19.0 Å². The van der Waals surface area contributed by atoms with Gasteiger partial charge >= 0.3 is 15.5 Å². The summed E-state index contributed by atoms with van der Waals surface area (Å²) in [4.78, 5) is 17.8. The molecule has 1 aliphatic rings. The van der Waals surface area contributed by atoms with Crippen molar-refractivity contribution >= 4 is 45.9 Å². The number of likely N-dealkylation sites (N-methyl/N-ethyl adjacent to an activating group) is 1. The Labute approximate surface area is 187 Å². The van der Waals surface area contributed by atoms with Crippen molar-refractivity contribution in [3.05, 3.63) is 0 Å². The fourth-order valence-corrected chi connectivity index (χ4v) is 3.85. The summed E-state index contributed by atoms with van der Waals surface area (Å²) in [6, 6.07) is 0. The Hall–Kier alpha value is -0.830. The number of alkyl halides is 3. The van der Waals surface area contributed by atoms with Crippen LogP contribution in [0.3, 0.4) is 0 Å². The Morgan fingerprint density at radius 3 is 2.14 bits per heavy atom. The number of sulfonamides is 1. The molecule has 1 fully saturated rings. The van der Waals surface area contributed by atoms with Gasteiger partial charge in [0.25, 0.3) is 0 Å². The molecule has 1 aliphatic heterocycles. The van der Waals surface area contributed by atoms with E-state index in [2.05, 4.69) is 15.6 Å². The highest BCUT2D eigenvalue weighted by atomic mass is 127. The molecule has 0 aromatic rings. The van der Waals surface area contributed by atoms with Crippen molar-refractivity contribution < 1.29 is 26.4 Å². The van der Waals surface area contributed by atoms with Gasteiger partial charge < -0.3 is 15.5 Å². The second kappa shape index (κ2) is 11.0. The molecule has 0 atom stereocenters. The second-order valence-corrected chi connectivity index (χ2v) is 9.80. The average Bonchev–Trinajstić information content (AvgIpc) is 2.52. The lowest BCUT2D eigenvalue weighted by molar-refractivity contribution is -0.122. The topological polar surface area (TPSA) is 94.1 Å². The van der Waals surface area contributed by atoms with Crippen molar-refractivity contribution in [3.8, 4) is 0 Å². The summed E-state index contributed by atoms with van der Waals surface area (Å²) in [5.74, 6) is 0.325. The highest BCUT2D eigenvalue weighted by Crippen LogP contribution is 2.30. The van der Waals surface area contributed by atoms with Crippen LogP contribution >= 0.6 is 24.0 Å². The second-order valence-electron chi connectivity index (χ2n) is 7.88. The molecule has 0 radical (unpaired) electrons. The highest BCUT2D eigenvalue weighted by Gasteiger charge is 2.50. The van der Waals surface area contributed by atoms with E-state index in [1.807, 2.05) is 20.8 Å². The zero-order valence-electron chi connectivity index (χ0n) is 17.3. The first-order valence-corrected chi connectivity index (χ1v) is 10.4. The predicted octanol–water partition coefficient (Wildman–Crippen LogP) is 1.59. The van der Waals surface area contributed by atoms with E-state index in [-0.39, 0.29) is 61.0 Å². The van der Waals surface area contributed by atoms with Crippen molar-refractivity contribution in [2.75, 3.05) is 40.3 Å². The number of nitrogens with one attached hydrogen (secondary N) is 2. The van der Waals surface area contributed by atoms with E-state index < -0.39 is 15.5 Å². The van der Waals surface area contributed by atoms with Gasteiger partial charge in [-0.1, -0.05) is 0 Å². The van der Waals surface area contributed by atoms with Crippen LogP contribution < -0.4 is 10.6 Å². The fraction of sp³-hybridized carbons (Fsp3) is 0.875.